The van der Waals surface area contributed by atoms with Gasteiger partial charge in [0.15, 0.2) is 0 Å². The summed E-state index contributed by atoms with van der Waals surface area (Å²) in [5.41, 5.74) is 0.232. The molecular weight excluding hydrogens is 354 g/mol. The van der Waals surface area contributed by atoms with Gasteiger partial charge in [-0.25, -0.2) is 0 Å². The van der Waals surface area contributed by atoms with Crippen molar-refractivity contribution in [1.29, 1.82) is 0 Å². The number of methoxy groups -OCH3 is 1. The molecule has 2 unspecified atom stereocenters. The van der Waals surface area contributed by atoms with Gasteiger partial charge in [-0.1, -0.05) is 18.2 Å². The molecule has 3 rings (SSSR count). The van der Waals surface area contributed by atoms with Gasteiger partial charge in [-0.15, -0.1) is 0 Å². The van der Waals surface area contributed by atoms with Crippen LogP contribution < -0.4 is 4.74 Å². The van der Waals surface area contributed by atoms with Crippen LogP contribution in [-0.4, -0.2) is 48.8 Å². The number of ether oxygens (including phenoxy) is 2. The standard InChI is InChI=1S/C23H31NO4/c1-16(24-11-5-6-12-24)21(25)19-8-7-18-14-20(10-9-17(18)13-19)28-15-23(2,3)22(26)27-4/h7-10,13-14,16,21,25H,5-6,11-12,15H2,1-4H3. The number of fused-ring (bicyclic) bond motifs is 1. The highest BCUT2D eigenvalue weighted by atomic mass is 16.5. The Balaban J connectivity index is 1.72. The van der Waals surface area contributed by atoms with Crippen LogP contribution in [-0.2, 0) is 9.53 Å². The van der Waals surface area contributed by atoms with Crippen molar-refractivity contribution in [2.75, 3.05) is 26.8 Å². The molecule has 0 saturated carbocycles. The molecule has 1 saturated heterocycles. The summed E-state index contributed by atoms with van der Waals surface area (Å²) in [6.07, 6.45) is 1.92. The molecule has 0 radical (unpaired) electrons. The summed E-state index contributed by atoms with van der Waals surface area (Å²) in [5, 5.41) is 12.9. The van der Waals surface area contributed by atoms with Crippen LogP contribution in [0.2, 0.25) is 0 Å². The topological polar surface area (TPSA) is 59.0 Å². The predicted octanol–water partition coefficient (Wildman–Crippen LogP) is 3.94. The molecule has 1 heterocycles. The zero-order chi connectivity index (χ0) is 20.3. The molecule has 28 heavy (non-hydrogen) atoms. The predicted molar refractivity (Wildman–Crippen MR) is 110 cm³/mol. The Bertz CT molecular complexity index is 826. The number of likely N-dealkylation sites (tertiary alicyclic amines) is 1. The van der Waals surface area contributed by atoms with Crippen LogP contribution in [0, 0.1) is 5.41 Å². The Labute approximate surface area is 167 Å². The summed E-state index contributed by atoms with van der Waals surface area (Å²) in [5.74, 6) is 0.419. The average Bonchev–Trinajstić information content (AvgIpc) is 3.24. The molecule has 0 aliphatic carbocycles. The highest BCUT2D eigenvalue weighted by molar-refractivity contribution is 5.84. The van der Waals surface area contributed by atoms with Crippen LogP contribution in [0.5, 0.6) is 5.75 Å². The first-order valence-corrected chi connectivity index (χ1v) is 9.99. The molecule has 2 atom stereocenters. The van der Waals surface area contributed by atoms with E-state index in [1.807, 2.05) is 30.3 Å². The number of esters is 1. The van der Waals surface area contributed by atoms with Gasteiger partial charge in [-0.3, -0.25) is 9.69 Å². The summed E-state index contributed by atoms with van der Waals surface area (Å²) < 4.78 is 10.6. The quantitative estimate of drug-likeness (QED) is 0.732. The van der Waals surface area contributed by atoms with E-state index in [9.17, 15) is 9.90 Å². The van der Waals surface area contributed by atoms with E-state index in [-0.39, 0.29) is 18.6 Å². The van der Waals surface area contributed by atoms with Crippen molar-refractivity contribution in [3.05, 3.63) is 42.0 Å². The third-order valence-corrected chi connectivity index (χ3v) is 5.69. The monoisotopic (exact) mass is 385 g/mol. The molecule has 0 amide bonds. The third-order valence-electron chi connectivity index (χ3n) is 5.69. The van der Waals surface area contributed by atoms with Crippen molar-refractivity contribution in [2.24, 2.45) is 5.41 Å². The van der Waals surface area contributed by atoms with Crippen LogP contribution >= 0.6 is 0 Å². The SMILES string of the molecule is COC(=O)C(C)(C)COc1ccc2cc(C(O)C(C)N3CCCC3)ccc2c1. The smallest absolute Gasteiger partial charge is 0.314 e. The molecular formula is C23H31NO4. The molecule has 1 fully saturated rings. The van der Waals surface area contributed by atoms with Crippen molar-refractivity contribution in [2.45, 2.75) is 45.8 Å². The van der Waals surface area contributed by atoms with E-state index in [0.717, 1.165) is 29.4 Å². The Morgan fingerprint density at radius 1 is 1.14 bits per heavy atom. The Morgan fingerprint density at radius 3 is 2.46 bits per heavy atom. The number of carbonyl (C=O) groups is 1. The first-order chi connectivity index (χ1) is 13.3. The summed E-state index contributed by atoms with van der Waals surface area (Å²) in [6, 6.07) is 12.0. The molecule has 5 heteroatoms. The average molecular weight is 386 g/mol. The van der Waals surface area contributed by atoms with E-state index >= 15 is 0 Å². The maximum Gasteiger partial charge on any atom is 0.314 e. The minimum absolute atomic E-state index is 0.114. The van der Waals surface area contributed by atoms with Gasteiger partial charge in [0.2, 0.25) is 0 Å². The molecule has 5 nitrogen and oxygen atoms in total. The summed E-state index contributed by atoms with van der Waals surface area (Å²) in [6.45, 7) is 8.07. The fraction of sp³-hybridized carbons (Fsp3) is 0.522. The molecule has 2 aromatic carbocycles. The van der Waals surface area contributed by atoms with Gasteiger partial charge in [-0.05, 0) is 81.2 Å². The van der Waals surface area contributed by atoms with Crippen molar-refractivity contribution in [1.82, 2.24) is 4.90 Å². The van der Waals surface area contributed by atoms with Crippen molar-refractivity contribution >= 4 is 16.7 Å². The zero-order valence-corrected chi connectivity index (χ0v) is 17.3. The van der Waals surface area contributed by atoms with Crippen LogP contribution in [0.15, 0.2) is 36.4 Å². The first kappa shape index (κ1) is 20.6. The number of nitrogens with zero attached hydrogens (tertiary/aromatic N) is 1. The second kappa shape index (κ2) is 8.50. The lowest BCUT2D eigenvalue weighted by Gasteiger charge is -2.28. The maximum atomic E-state index is 11.8. The summed E-state index contributed by atoms with van der Waals surface area (Å²) >= 11 is 0. The largest absolute Gasteiger partial charge is 0.492 e. The van der Waals surface area contributed by atoms with Gasteiger partial charge in [-0.2, -0.15) is 0 Å². The number of benzene rings is 2. The Kier molecular flexibility index (Phi) is 6.26. The van der Waals surface area contributed by atoms with E-state index in [0.29, 0.717) is 5.75 Å². The first-order valence-electron chi connectivity index (χ1n) is 9.99. The van der Waals surface area contributed by atoms with Crippen molar-refractivity contribution in [3.63, 3.8) is 0 Å². The minimum atomic E-state index is -0.705. The van der Waals surface area contributed by atoms with E-state index in [1.54, 1.807) is 13.8 Å². The van der Waals surface area contributed by atoms with Crippen LogP contribution in [0.1, 0.15) is 45.3 Å². The highest BCUT2D eigenvalue weighted by Crippen LogP contribution is 2.29. The molecule has 1 aliphatic heterocycles. The number of aliphatic hydroxyl groups excluding tert-OH is 1. The van der Waals surface area contributed by atoms with Gasteiger partial charge < -0.3 is 14.6 Å². The summed E-state index contributed by atoms with van der Waals surface area (Å²) in [7, 11) is 1.39. The van der Waals surface area contributed by atoms with Gasteiger partial charge in [0.1, 0.15) is 12.4 Å². The van der Waals surface area contributed by atoms with Gasteiger partial charge >= 0.3 is 5.97 Å². The third kappa shape index (κ3) is 4.47. The number of hydrogen-bond acceptors (Lipinski definition) is 5. The second-order valence-electron chi connectivity index (χ2n) is 8.36. The molecule has 152 valence electrons. The fourth-order valence-corrected chi connectivity index (χ4v) is 3.74. The van der Waals surface area contributed by atoms with Crippen molar-refractivity contribution < 1.29 is 19.4 Å². The van der Waals surface area contributed by atoms with E-state index in [1.165, 1.54) is 20.0 Å². The van der Waals surface area contributed by atoms with Gasteiger partial charge in [0.05, 0.1) is 18.6 Å². The maximum absolute atomic E-state index is 11.8. The molecule has 0 aromatic heterocycles. The lowest BCUT2D eigenvalue weighted by Crippen LogP contribution is -2.35. The number of aliphatic hydroxyl groups is 1. The lowest BCUT2D eigenvalue weighted by atomic mass is 9.95. The van der Waals surface area contributed by atoms with E-state index < -0.39 is 11.5 Å². The highest BCUT2D eigenvalue weighted by Gasteiger charge is 2.30. The summed E-state index contributed by atoms with van der Waals surface area (Å²) in [4.78, 5) is 14.1. The number of carbonyl (C=O) groups excluding carboxylic acids is 1. The Morgan fingerprint density at radius 2 is 1.79 bits per heavy atom. The zero-order valence-electron chi connectivity index (χ0n) is 17.3. The Hall–Kier alpha value is -2.11. The van der Waals surface area contributed by atoms with E-state index in [2.05, 4.69) is 17.9 Å². The molecule has 0 spiro atoms. The van der Waals surface area contributed by atoms with Gasteiger partial charge in [0, 0.05) is 6.04 Å². The second-order valence-corrected chi connectivity index (χ2v) is 8.36. The van der Waals surface area contributed by atoms with Crippen LogP contribution in [0.25, 0.3) is 10.8 Å². The fourth-order valence-electron chi connectivity index (χ4n) is 3.74. The molecule has 1 N–H and O–H groups in total. The molecule has 1 aliphatic rings. The lowest BCUT2D eigenvalue weighted by molar-refractivity contribution is -0.152. The number of hydrogen-bond donors (Lipinski definition) is 1. The minimum Gasteiger partial charge on any atom is -0.492 e. The molecule has 0 bridgehead atoms. The number of rotatable bonds is 7. The van der Waals surface area contributed by atoms with Gasteiger partial charge in [0.25, 0.3) is 0 Å². The normalized spacial score (nSPS) is 17.5. The van der Waals surface area contributed by atoms with Crippen LogP contribution in [0.3, 0.4) is 0 Å². The van der Waals surface area contributed by atoms with E-state index in [4.69, 9.17) is 9.47 Å². The van der Waals surface area contributed by atoms with Crippen molar-refractivity contribution in [3.8, 4) is 5.75 Å². The molecule has 2 aromatic rings. The van der Waals surface area contributed by atoms with Crippen LogP contribution in [0.4, 0.5) is 0 Å².